The smallest absolute Gasteiger partial charge is 0.281 e. The van der Waals surface area contributed by atoms with Crippen molar-refractivity contribution in [3.8, 4) is 0 Å². The molecule has 2 N–H and O–H groups in total. The summed E-state index contributed by atoms with van der Waals surface area (Å²) in [7, 11) is 0. The minimum atomic E-state index is -0.478. The molecule has 6 aliphatic rings. The molecule has 176 valence electrons. The Kier molecular flexibility index (Phi) is 4.57. The third-order valence-electron chi connectivity index (χ3n) is 10.8. The second-order valence-corrected chi connectivity index (χ2v) is 12.2. The van der Waals surface area contributed by atoms with Crippen LogP contribution < -0.4 is 10.9 Å². The number of nitrogens with zero attached hydrogens (tertiary/aromatic N) is 1. The van der Waals surface area contributed by atoms with Crippen LogP contribution in [0, 0.1) is 34.5 Å². The minimum absolute atomic E-state index is 0.102. The van der Waals surface area contributed by atoms with Gasteiger partial charge in [-0.15, -0.1) is 0 Å². The lowest BCUT2D eigenvalue weighted by atomic mass is 9.47. The Bertz CT molecular complexity index is 1070. The Morgan fingerprint density at radius 1 is 1.15 bits per heavy atom. The van der Waals surface area contributed by atoms with E-state index in [0.29, 0.717) is 24.0 Å². The monoisotopic (exact) mass is 447 g/mol. The normalized spacial score (nSPS) is 47.1. The van der Waals surface area contributed by atoms with E-state index in [9.17, 15) is 9.59 Å². The number of ketones is 1. The molecule has 5 nitrogen and oxygen atoms in total. The maximum absolute atomic E-state index is 12.4. The average molecular weight is 448 g/mol. The van der Waals surface area contributed by atoms with Crippen molar-refractivity contribution in [3.63, 3.8) is 0 Å². The highest BCUT2D eigenvalue weighted by atomic mass is 16.2. The largest absolute Gasteiger partial charge is 0.300 e. The maximum Gasteiger partial charge on any atom is 0.281 e. The summed E-state index contributed by atoms with van der Waals surface area (Å²) in [6.07, 6.45) is 15.5. The lowest BCUT2D eigenvalue weighted by Crippen LogP contribution is -2.49. The van der Waals surface area contributed by atoms with Gasteiger partial charge < -0.3 is 0 Å². The lowest BCUT2D eigenvalue weighted by Gasteiger charge is -2.57. The van der Waals surface area contributed by atoms with Crippen LogP contribution in [0.25, 0.3) is 0 Å². The van der Waals surface area contributed by atoms with Gasteiger partial charge in [-0.25, -0.2) is 5.43 Å². The van der Waals surface area contributed by atoms with Crippen molar-refractivity contribution in [1.29, 1.82) is 0 Å². The quantitative estimate of drug-likeness (QED) is 0.656. The second-order valence-electron chi connectivity index (χ2n) is 12.2. The lowest BCUT2D eigenvalue weighted by molar-refractivity contribution is -0.127. The zero-order chi connectivity index (χ0) is 23.2. The Balaban J connectivity index is 1.28. The number of hydrazine groups is 1. The van der Waals surface area contributed by atoms with Crippen LogP contribution in [-0.2, 0) is 9.59 Å². The number of rotatable bonds is 2. The molecule has 6 rings (SSSR count). The number of allylic oxidation sites excluding steroid dienone is 5. The zero-order valence-electron chi connectivity index (χ0n) is 20.5. The van der Waals surface area contributed by atoms with Crippen LogP contribution in [0.4, 0.5) is 0 Å². The van der Waals surface area contributed by atoms with E-state index in [0.717, 1.165) is 31.1 Å². The fourth-order valence-corrected chi connectivity index (χ4v) is 8.85. The van der Waals surface area contributed by atoms with Gasteiger partial charge in [0.15, 0.2) is 0 Å². The molecule has 3 fully saturated rings. The summed E-state index contributed by atoms with van der Waals surface area (Å²) in [6.45, 7) is 9.40. The molecule has 7 atom stereocenters. The van der Waals surface area contributed by atoms with E-state index in [2.05, 4.69) is 54.8 Å². The number of nitrogens with one attached hydrogen (secondary N) is 2. The summed E-state index contributed by atoms with van der Waals surface area (Å²) in [5.74, 6) is 2.73. The first-order valence-electron chi connectivity index (χ1n) is 12.9. The molecule has 4 aliphatic carbocycles. The van der Waals surface area contributed by atoms with Gasteiger partial charge in [0.1, 0.15) is 17.0 Å². The highest BCUT2D eigenvalue weighted by Gasteiger charge is 2.59. The molecule has 0 spiro atoms. The number of hydrogen-bond acceptors (Lipinski definition) is 4. The molecular formula is C28H37N3O2. The van der Waals surface area contributed by atoms with Gasteiger partial charge in [-0.05, 0) is 104 Å². The predicted octanol–water partition coefficient (Wildman–Crippen LogP) is 4.46. The van der Waals surface area contributed by atoms with E-state index < -0.39 is 5.54 Å². The zero-order valence-corrected chi connectivity index (χ0v) is 20.5. The fraction of sp³-hybridized carbons (Fsp3) is 0.679. The molecule has 2 heterocycles. The van der Waals surface area contributed by atoms with Gasteiger partial charge in [-0.3, -0.25) is 20.0 Å². The van der Waals surface area contributed by atoms with Crippen molar-refractivity contribution in [3.05, 3.63) is 34.9 Å². The predicted molar refractivity (Wildman–Crippen MR) is 129 cm³/mol. The number of hydrogen-bond donors (Lipinski definition) is 2. The topological polar surface area (TPSA) is 70.6 Å². The Hall–Kier alpha value is -2.01. The summed E-state index contributed by atoms with van der Waals surface area (Å²) < 4.78 is 0. The van der Waals surface area contributed by atoms with Crippen molar-refractivity contribution >= 4 is 17.4 Å². The summed E-state index contributed by atoms with van der Waals surface area (Å²) in [4.78, 5) is 28.9. The van der Waals surface area contributed by atoms with Crippen LogP contribution >= 0.6 is 0 Å². The number of aliphatic imine (C=N–C) groups is 1. The van der Waals surface area contributed by atoms with E-state index in [1.165, 1.54) is 42.4 Å². The van der Waals surface area contributed by atoms with Gasteiger partial charge in [0.25, 0.3) is 5.91 Å². The first-order valence-corrected chi connectivity index (χ1v) is 12.9. The molecule has 0 aromatic carbocycles. The van der Waals surface area contributed by atoms with Crippen molar-refractivity contribution in [1.82, 2.24) is 10.9 Å². The summed E-state index contributed by atoms with van der Waals surface area (Å²) in [5, 5.41) is 0. The maximum atomic E-state index is 12.4. The Morgan fingerprint density at radius 3 is 2.76 bits per heavy atom. The molecule has 2 saturated carbocycles. The van der Waals surface area contributed by atoms with E-state index in [-0.39, 0.29) is 22.7 Å². The third-order valence-corrected chi connectivity index (χ3v) is 10.8. The highest BCUT2D eigenvalue weighted by molar-refractivity contribution is 6.45. The van der Waals surface area contributed by atoms with E-state index in [4.69, 9.17) is 0 Å². The van der Waals surface area contributed by atoms with Crippen LogP contribution in [0.15, 0.2) is 39.9 Å². The SMILES string of the molecule is CC(=O)[C@H]1CC[C@H]2[C@@H]3CC=C4C=C(/C=C5\CN=C6C(=O)NNC65C)CC[C@]4(C)[C@H]3CC[C@]12C. The summed E-state index contributed by atoms with van der Waals surface area (Å²) in [5.41, 5.74) is 10.5. The van der Waals surface area contributed by atoms with Gasteiger partial charge in [0.2, 0.25) is 0 Å². The van der Waals surface area contributed by atoms with Gasteiger partial charge in [0, 0.05) is 5.92 Å². The van der Waals surface area contributed by atoms with Gasteiger partial charge in [-0.2, -0.15) is 0 Å². The van der Waals surface area contributed by atoms with Crippen molar-refractivity contribution in [2.24, 2.45) is 39.5 Å². The summed E-state index contributed by atoms with van der Waals surface area (Å²) >= 11 is 0. The summed E-state index contributed by atoms with van der Waals surface area (Å²) in [6, 6.07) is 0. The molecule has 2 aliphatic heterocycles. The first kappa shape index (κ1) is 21.5. The number of fused-ring (bicyclic) bond motifs is 6. The molecule has 0 radical (unpaired) electrons. The van der Waals surface area contributed by atoms with E-state index >= 15 is 0 Å². The molecule has 33 heavy (non-hydrogen) atoms. The van der Waals surface area contributed by atoms with Crippen LogP contribution in [0.1, 0.15) is 72.6 Å². The molecule has 1 saturated heterocycles. The van der Waals surface area contributed by atoms with Crippen LogP contribution in [-0.4, -0.2) is 29.5 Å². The van der Waals surface area contributed by atoms with Gasteiger partial charge >= 0.3 is 0 Å². The highest BCUT2D eigenvalue weighted by Crippen LogP contribution is 2.66. The number of Topliss-reactive ketones (excluding diaryl/α,β-unsaturated/α-hetero) is 1. The van der Waals surface area contributed by atoms with Crippen molar-refractivity contribution < 1.29 is 9.59 Å². The van der Waals surface area contributed by atoms with Crippen molar-refractivity contribution in [2.75, 3.05) is 6.54 Å². The minimum Gasteiger partial charge on any atom is -0.300 e. The number of carbonyl (C=O) groups excluding carboxylic acids is 2. The van der Waals surface area contributed by atoms with Gasteiger partial charge in [-0.1, -0.05) is 32.1 Å². The average Bonchev–Trinajstić information content (AvgIpc) is 3.39. The van der Waals surface area contributed by atoms with Crippen molar-refractivity contribution in [2.45, 2.75) is 78.2 Å². The second kappa shape index (κ2) is 7.00. The number of carbonyl (C=O) groups is 2. The molecule has 0 bridgehead atoms. The molecule has 5 heteroatoms. The van der Waals surface area contributed by atoms with Crippen LogP contribution in [0.3, 0.4) is 0 Å². The standard InChI is InChI=1S/C28H37N3O2/c1-16(32)21-7-8-22-20-6-5-18-13-17(9-11-26(18,2)23(20)10-12-27(21,22)3)14-19-15-29-24-25(33)30-31-28(19,24)4/h5,13-14,20-23,31H,6-12,15H2,1-4H3,(H,30,33)/b19-14+/t20-,21+,22-,23-,26-,27+,28?/m0/s1. The van der Waals surface area contributed by atoms with Crippen LogP contribution in [0.5, 0.6) is 0 Å². The fourth-order valence-electron chi connectivity index (χ4n) is 8.85. The van der Waals surface area contributed by atoms with E-state index in [1.54, 1.807) is 0 Å². The van der Waals surface area contributed by atoms with Gasteiger partial charge in [0.05, 0.1) is 6.54 Å². The first-order chi connectivity index (χ1) is 15.7. The van der Waals surface area contributed by atoms with E-state index in [1.807, 2.05) is 6.92 Å². The van der Waals surface area contributed by atoms with Crippen LogP contribution in [0.2, 0.25) is 0 Å². The Labute approximate surface area is 197 Å². The molecule has 1 amide bonds. The molecule has 0 aromatic heterocycles. The third kappa shape index (κ3) is 2.84. The Morgan fingerprint density at radius 2 is 1.97 bits per heavy atom. The molecular weight excluding hydrogens is 410 g/mol. The molecule has 1 unspecified atom stereocenters. The number of amides is 1. The molecule has 0 aromatic rings.